The van der Waals surface area contributed by atoms with Crippen LogP contribution >= 0.6 is 0 Å². The molecule has 0 bridgehead atoms. The molecule has 1 heterocycles. The quantitative estimate of drug-likeness (QED) is 0.511. The molecule has 0 aromatic carbocycles. The highest BCUT2D eigenvalue weighted by Crippen LogP contribution is 2.40. The van der Waals surface area contributed by atoms with Gasteiger partial charge in [0.2, 0.25) is 0 Å². The highest BCUT2D eigenvalue weighted by Gasteiger charge is 2.46. The van der Waals surface area contributed by atoms with Crippen molar-refractivity contribution in [3.8, 4) is 0 Å². The third-order valence-electron chi connectivity index (χ3n) is 5.50. The molecule has 0 aromatic rings. The average Bonchev–Trinajstić information content (AvgIpc) is 2.97. The Bertz CT molecular complexity index is 377. The first-order chi connectivity index (χ1) is 10.4. The fourth-order valence-corrected chi connectivity index (χ4v) is 4.08. The van der Waals surface area contributed by atoms with Gasteiger partial charge in [0.1, 0.15) is 5.54 Å². The van der Waals surface area contributed by atoms with Gasteiger partial charge in [-0.15, -0.1) is 0 Å². The summed E-state index contributed by atoms with van der Waals surface area (Å²) in [5.41, 5.74) is 5.12. The normalized spacial score (nSPS) is 33.0. The standard InChI is InChI=1S/C15H29BN2O4/c17-15(14(19)20)11-12(5-7-16(21)22)3-4-13(15)6-10-18-8-1-2-9-18/h12-13,21-22H,1-11,17H2,(H,19,20)/t12-,13+,15+/m0/s1. The Morgan fingerprint density at radius 2 is 1.91 bits per heavy atom. The molecule has 0 amide bonds. The molecule has 6 nitrogen and oxygen atoms in total. The molecule has 3 atom stereocenters. The number of nitrogens with zero attached hydrogens (tertiary/aromatic N) is 1. The number of nitrogens with two attached hydrogens (primary N) is 1. The third-order valence-corrected chi connectivity index (χ3v) is 5.50. The largest absolute Gasteiger partial charge is 0.480 e. The van der Waals surface area contributed by atoms with Crippen molar-refractivity contribution in [3.63, 3.8) is 0 Å². The van der Waals surface area contributed by atoms with Crippen LogP contribution in [0.2, 0.25) is 6.32 Å². The van der Waals surface area contributed by atoms with Gasteiger partial charge < -0.3 is 25.8 Å². The summed E-state index contributed by atoms with van der Waals surface area (Å²) in [7, 11) is -1.31. The number of rotatable bonds is 7. The van der Waals surface area contributed by atoms with Crippen LogP contribution in [0.25, 0.3) is 0 Å². The van der Waals surface area contributed by atoms with Gasteiger partial charge in [-0.1, -0.05) is 12.8 Å². The zero-order chi connectivity index (χ0) is 16.2. The zero-order valence-electron chi connectivity index (χ0n) is 13.3. The maximum atomic E-state index is 11.7. The summed E-state index contributed by atoms with van der Waals surface area (Å²) in [4.78, 5) is 14.1. The molecule has 0 spiro atoms. The van der Waals surface area contributed by atoms with E-state index in [9.17, 15) is 9.90 Å². The smallest absolute Gasteiger partial charge is 0.451 e. The molecule has 2 fully saturated rings. The lowest BCUT2D eigenvalue weighted by molar-refractivity contribution is -0.148. The lowest BCUT2D eigenvalue weighted by Gasteiger charge is -2.42. The van der Waals surface area contributed by atoms with Crippen LogP contribution in [0.5, 0.6) is 0 Å². The second kappa shape index (κ2) is 7.77. The number of likely N-dealkylation sites (tertiary alicyclic amines) is 1. The lowest BCUT2D eigenvalue weighted by atomic mass is 9.65. The van der Waals surface area contributed by atoms with E-state index < -0.39 is 18.6 Å². The first-order valence-electron chi connectivity index (χ1n) is 8.52. The van der Waals surface area contributed by atoms with E-state index >= 15 is 0 Å². The van der Waals surface area contributed by atoms with E-state index in [2.05, 4.69) is 4.90 Å². The van der Waals surface area contributed by atoms with Crippen molar-refractivity contribution in [3.05, 3.63) is 0 Å². The van der Waals surface area contributed by atoms with E-state index in [4.69, 9.17) is 15.8 Å². The van der Waals surface area contributed by atoms with E-state index in [1.807, 2.05) is 0 Å². The van der Waals surface area contributed by atoms with Crippen molar-refractivity contribution in [2.45, 2.75) is 56.8 Å². The molecule has 2 aliphatic rings. The van der Waals surface area contributed by atoms with E-state index in [1.165, 1.54) is 12.8 Å². The molecule has 1 saturated carbocycles. The minimum absolute atomic E-state index is 0.0147. The van der Waals surface area contributed by atoms with Gasteiger partial charge in [-0.05, 0) is 69.9 Å². The number of carbonyl (C=O) groups is 1. The van der Waals surface area contributed by atoms with E-state index in [1.54, 1.807) is 0 Å². The molecule has 1 saturated heterocycles. The van der Waals surface area contributed by atoms with Gasteiger partial charge in [-0.3, -0.25) is 4.79 Å². The van der Waals surface area contributed by atoms with Crippen molar-refractivity contribution in [2.75, 3.05) is 19.6 Å². The van der Waals surface area contributed by atoms with Crippen molar-refractivity contribution in [1.29, 1.82) is 0 Å². The van der Waals surface area contributed by atoms with Crippen molar-refractivity contribution in [2.24, 2.45) is 17.6 Å². The van der Waals surface area contributed by atoms with Gasteiger partial charge in [-0.2, -0.15) is 0 Å². The molecule has 2 rings (SSSR count). The maximum Gasteiger partial charge on any atom is 0.451 e. The Morgan fingerprint density at radius 3 is 2.50 bits per heavy atom. The van der Waals surface area contributed by atoms with Crippen LogP contribution in [0, 0.1) is 11.8 Å². The van der Waals surface area contributed by atoms with Crippen LogP contribution in [0.15, 0.2) is 0 Å². The molecular formula is C15H29BN2O4. The van der Waals surface area contributed by atoms with Crippen LogP contribution in [0.1, 0.15) is 44.9 Å². The Kier molecular flexibility index (Phi) is 6.26. The fourth-order valence-electron chi connectivity index (χ4n) is 4.08. The van der Waals surface area contributed by atoms with Crippen LogP contribution in [0.3, 0.4) is 0 Å². The van der Waals surface area contributed by atoms with Crippen LogP contribution in [-0.4, -0.2) is 58.3 Å². The van der Waals surface area contributed by atoms with Crippen LogP contribution < -0.4 is 5.73 Å². The molecule has 1 aliphatic carbocycles. The average molecular weight is 312 g/mol. The molecule has 7 heteroatoms. The minimum atomic E-state index is -1.31. The summed E-state index contributed by atoms with van der Waals surface area (Å²) in [6.45, 7) is 3.18. The number of aliphatic carboxylic acids is 1. The first kappa shape index (κ1) is 17.7. The Hall–Kier alpha value is -0.625. The monoisotopic (exact) mass is 312 g/mol. The molecular weight excluding hydrogens is 283 g/mol. The zero-order valence-corrected chi connectivity index (χ0v) is 13.3. The number of carboxylic acids is 1. The van der Waals surface area contributed by atoms with Crippen LogP contribution in [0.4, 0.5) is 0 Å². The highest BCUT2D eigenvalue weighted by atomic mass is 16.4. The van der Waals surface area contributed by atoms with Gasteiger partial charge in [0.25, 0.3) is 0 Å². The lowest BCUT2D eigenvalue weighted by Crippen LogP contribution is -2.58. The SMILES string of the molecule is N[C@]1(C(=O)O)C[C@H](CCB(O)O)CC[C@@H]1CCN1CCCC1. The third kappa shape index (κ3) is 4.44. The molecule has 0 unspecified atom stereocenters. The van der Waals surface area contributed by atoms with Crippen LogP contribution in [-0.2, 0) is 4.79 Å². The van der Waals surface area contributed by atoms with Gasteiger partial charge in [0.15, 0.2) is 0 Å². The topological polar surface area (TPSA) is 107 Å². The Morgan fingerprint density at radius 1 is 1.23 bits per heavy atom. The van der Waals surface area contributed by atoms with Crippen molar-refractivity contribution in [1.82, 2.24) is 4.90 Å². The second-order valence-electron chi connectivity index (χ2n) is 7.09. The number of carboxylic acid groups (broad SMARTS) is 1. The van der Waals surface area contributed by atoms with Gasteiger partial charge in [-0.25, -0.2) is 0 Å². The molecule has 126 valence electrons. The highest BCUT2D eigenvalue weighted by molar-refractivity contribution is 6.40. The molecule has 22 heavy (non-hydrogen) atoms. The maximum absolute atomic E-state index is 11.7. The van der Waals surface area contributed by atoms with E-state index in [0.717, 1.165) is 38.9 Å². The first-order valence-corrected chi connectivity index (χ1v) is 8.52. The predicted molar refractivity (Wildman–Crippen MR) is 85.3 cm³/mol. The minimum Gasteiger partial charge on any atom is -0.480 e. The van der Waals surface area contributed by atoms with Gasteiger partial charge in [0, 0.05) is 0 Å². The van der Waals surface area contributed by atoms with Crippen molar-refractivity contribution < 1.29 is 19.9 Å². The van der Waals surface area contributed by atoms with Gasteiger partial charge >= 0.3 is 13.1 Å². The number of hydrogen-bond donors (Lipinski definition) is 4. The molecule has 1 aliphatic heterocycles. The fraction of sp³-hybridized carbons (Fsp3) is 0.933. The second-order valence-corrected chi connectivity index (χ2v) is 7.09. The number of hydrogen-bond acceptors (Lipinski definition) is 5. The summed E-state index contributed by atoms with van der Waals surface area (Å²) in [6.07, 6.45) is 6.44. The molecule has 0 aromatic heterocycles. The van der Waals surface area contributed by atoms with Gasteiger partial charge in [0.05, 0.1) is 0 Å². The predicted octanol–water partition coefficient (Wildman–Crippen LogP) is 0.534. The summed E-state index contributed by atoms with van der Waals surface area (Å²) >= 11 is 0. The van der Waals surface area contributed by atoms with E-state index in [-0.39, 0.29) is 11.8 Å². The summed E-state index contributed by atoms with van der Waals surface area (Å²) < 4.78 is 0. The summed E-state index contributed by atoms with van der Waals surface area (Å²) in [6, 6.07) is 0. The summed E-state index contributed by atoms with van der Waals surface area (Å²) in [5.74, 6) is -0.722. The molecule has 0 radical (unpaired) electrons. The summed E-state index contributed by atoms with van der Waals surface area (Å²) in [5, 5.41) is 27.6. The Balaban J connectivity index is 1.90. The van der Waals surface area contributed by atoms with Crippen molar-refractivity contribution >= 4 is 13.1 Å². The van der Waals surface area contributed by atoms with E-state index in [0.29, 0.717) is 19.2 Å². The Labute approximate surface area is 132 Å². The molecule has 5 N–H and O–H groups in total.